The van der Waals surface area contributed by atoms with Gasteiger partial charge in [0.2, 0.25) is 5.91 Å². The van der Waals surface area contributed by atoms with Crippen LogP contribution in [0.4, 0.5) is 5.69 Å². The van der Waals surface area contributed by atoms with E-state index in [1.165, 1.54) is 0 Å². The SMILES string of the molecule is CNC(=O)c1ccc(-n2nc(COC)nc2-c2ccc3c(c2)C(C)(C)C(=O)N3C)cc1. The van der Waals surface area contributed by atoms with Crippen molar-refractivity contribution in [3.63, 3.8) is 0 Å². The van der Waals surface area contributed by atoms with Gasteiger partial charge in [0.1, 0.15) is 6.61 Å². The fourth-order valence-electron chi connectivity index (χ4n) is 3.92. The predicted molar refractivity (Wildman–Crippen MR) is 117 cm³/mol. The molecule has 0 saturated heterocycles. The van der Waals surface area contributed by atoms with Crippen molar-refractivity contribution in [3.8, 4) is 17.1 Å². The van der Waals surface area contributed by atoms with Crippen molar-refractivity contribution in [1.29, 1.82) is 0 Å². The summed E-state index contributed by atoms with van der Waals surface area (Å²) in [5, 5.41) is 7.22. The highest BCUT2D eigenvalue weighted by molar-refractivity contribution is 6.07. The van der Waals surface area contributed by atoms with Crippen LogP contribution in [0.25, 0.3) is 17.1 Å². The maximum absolute atomic E-state index is 12.7. The van der Waals surface area contributed by atoms with Gasteiger partial charge in [0.15, 0.2) is 11.6 Å². The van der Waals surface area contributed by atoms with Gasteiger partial charge in [0, 0.05) is 38.0 Å². The Bertz CT molecular complexity index is 1160. The first-order chi connectivity index (χ1) is 14.8. The number of likely N-dealkylation sites (N-methyl/N-ethyl adjacent to an activating group) is 1. The van der Waals surface area contributed by atoms with E-state index in [4.69, 9.17) is 4.74 Å². The van der Waals surface area contributed by atoms with Gasteiger partial charge in [-0.3, -0.25) is 9.59 Å². The lowest BCUT2D eigenvalue weighted by atomic mass is 9.85. The van der Waals surface area contributed by atoms with E-state index in [0.717, 1.165) is 22.5 Å². The molecular weight excluding hydrogens is 394 g/mol. The number of nitrogens with zero attached hydrogens (tertiary/aromatic N) is 4. The third-order valence-electron chi connectivity index (χ3n) is 5.65. The summed E-state index contributed by atoms with van der Waals surface area (Å²) in [5.41, 5.74) is 3.42. The minimum absolute atomic E-state index is 0.0611. The molecule has 8 nitrogen and oxygen atoms in total. The van der Waals surface area contributed by atoms with E-state index < -0.39 is 5.41 Å². The molecule has 2 aromatic carbocycles. The second-order valence-electron chi connectivity index (χ2n) is 8.04. The molecule has 0 aliphatic carbocycles. The Morgan fingerprint density at radius 2 is 1.87 bits per heavy atom. The molecule has 0 bridgehead atoms. The summed E-state index contributed by atoms with van der Waals surface area (Å²) in [6.07, 6.45) is 0. The number of benzene rings is 2. The van der Waals surface area contributed by atoms with Crippen molar-refractivity contribution in [3.05, 3.63) is 59.4 Å². The quantitative estimate of drug-likeness (QED) is 0.687. The number of amides is 2. The molecule has 31 heavy (non-hydrogen) atoms. The van der Waals surface area contributed by atoms with Gasteiger partial charge >= 0.3 is 0 Å². The van der Waals surface area contributed by atoms with Gasteiger partial charge in [-0.15, -0.1) is 5.10 Å². The predicted octanol–water partition coefficient (Wildman–Crippen LogP) is 2.69. The van der Waals surface area contributed by atoms with Crippen molar-refractivity contribution in [2.75, 3.05) is 26.1 Å². The van der Waals surface area contributed by atoms with Gasteiger partial charge in [-0.05, 0) is 61.9 Å². The largest absolute Gasteiger partial charge is 0.377 e. The van der Waals surface area contributed by atoms with E-state index in [1.807, 2.05) is 44.2 Å². The van der Waals surface area contributed by atoms with Crippen LogP contribution >= 0.6 is 0 Å². The Morgan fingerprint density at radius 3 is 2.52 bits per heavy atom. The minimum atomic E-state index is -0.616. The molecule has 1 aliphatic heterocycles. The van der Waals surface area contributed by atoms with Crippen LogP contribution in [0.5, 0.6) is 0 Å². The second-order valence-corrected chi connectivity index (χ2v) is 8.04. The van der Waals surface area contributed by atoms with Crippen LogP contribution in [0, 0.1) is 0 Å². The number of methoxy groups -OCH3 is 1. The second kappa shape index (κ2) is 7.63. The van der Waals surface area contributed by atoms with Gasteiger partial charge in [-0.25, -0.2) is 9.67 Å². The van der Waals surface area contributed by atoms with E-state index in [-0.39, 0.29) is 18.4 Å². The van der Waals surface area contributed by atoms with Gasteiger partial charge in [0.05, 0.1) is 11.1 Å². The van der Waals surface area contributed by atoms with Gasteiger partial charge in [0.25, 0.3) is 5.91 Å². The molecule has 2 heterocycles. The maximum atomic E-state index is 12.7. The van der Waals surface area contributed by atoms with Crippen LogP contribution in [0.3, 0.4) is 0 Å². The normalized spacial score (nSPS) is 14.6. The van der Waals surface area contributed by atoms with Crippen LogP contribution in [-0.2, 0) is 21.6 Å². The van der Waals surface area contributed by atoms with Crippen molar-refractivity contribution < 1.29 is 14.3 Å². The average Bonchev–Trinajstić information content (AvgIpc) is 3.27. The molecule has 1 N–H and O–H groups in total. The highest BCUT2D eigenvalue weighted by Gasteiger charge is 2.42. The zero-order chi connectivity index (χ0) is 22.3. The molecular formula is C23H25N5O3. The van der Waals surface area contributed by atoms with Crippen molar-refractivity contribution >= 4 is 17.5 Å². The number of rotatable bonds is 5. The number of carbonyl (C=O) groups excluding carboxylic acids is 2. The molecule has 0 atom stereocenters. The molecule has 0 saturated carbocycles. The number of carbonyl (C=O) groups is 2. The van der Waals surface area contributed by atoms with Gasteiger partial charge in [-0.2, -0.15) is 0 Å². The number of aromatic nitrogens is 3. The Morgan fingerprint density at radius 1 is 1.16 bits per heavy atom. The zero-order valence-electron chi connectivity index (χ0n) is 18.3. The molecule has 1 aliphatic rings. The van der Waals surface area contributed by atoms with E-state index in [0.29, 0.717) is 17.2 Å². The molecule has 0 radical (unpaired) electrons. The first-order valence-electron chi connectivity index (χ1n) is 9.98. The van der Waals surface area contributed by atoms with Gasteiger partial charge in [-0.1, -0.05) is 0 Å². The summed E-state index contributed by atoms with van der Waals surface area (Å²) in [4.78, 5) is 30.9. The van der Waals surface area contributed by atoms with E-state index in [2.05, 4.69) is 15.4 Å². The standard InChI is InChI=1S/C23H25N5O3/c1-23(2)17-12-15(8-11-18(17)27(4)22(23)30)20-25-19(13-31-5)26-28(20)16-9-6-14(7-10-16)21(29)24-3/h6-12H,13H2,1-5H3,(H,24,29). The summed E-state index contributed by atoms with van der Waals surface area (Å²) in [5.74, 6) is 1.09. The number of ether oxygens (including phenoxy) is 1. The average molecular weight is 419 g/mol. The topological polar surface area (TPSA) is 89.4 Å². The highest BCUT2D eigenvalue weighted by Crippen LogP contribution is 2.42. The monoisotopic (exact) mass is 419 g/mol. The first kappa shape index (κ1) is 20.7. The molecule has 0 unspecified atom stereocenters. The van der Waals surface area contributed by atoms with Crippen LogP contribution in [0.15, 0.2) is 42.5 Å². The lowest BCUT2D eigenvalue weighted by Gasteiger charge is -2.16. The molecule has 0 fully saturated rings. The zero-order valence-corrected chi connectivity index (χ0v) is 18.3. The number of hydrogen-bond acceptors (Lipinski definition) is 5. The number of anilines is 1. The van der Waals surface area contributed by atoms with E-state index >= 15 is 0 Å². The summed E-state index contributed by atoms with van der Waals surface area (Å²) < 4.78 is 6.96. The van der Waals surface area contributed by atoms with Crippen LogP contribution in [0.1, 0.15) is 35.6 Å². The third-order valence-corrected chi connectivity index (χ3v) is 5.65. The smallest absolute Gasteiger partial charge is 0.251 e. The molecule has 160 valence electrons. The van der Waals surface area contributed by atoms with Crippen LogP contribution in [0.2, 0.25) is 0 Å². The third kappa shape index (κ3) is 3.38. The molecule has 4 rings (SSSR count). The molecule has 8 heteroatoms. The maximum Gasteiger partial charge on any atom is 0.251 e. The van der Waals surface area contributed by atoms with E-state index in [9.17, 15) is 9.59 Å². The van der Waals surface area contributed by atoms with Crippen LogP contribution < -0.4 is 10.2 Å². The minimum Gasteiger partial charge on any atom is -0.377 e. The van der Waals surface area contributed by atoms with Gasteiger partial charge < -0.3 is 15.0 Å². The fourth-order valence-corrected chi connectivity index (χ4v) is 3.92. The number of hydrogen-bond donors (Lipinski definition) is 1. The first-order valence-corrected chi connectivity index (χ1v) is 9.98. The lowest BCUT2D eigenvalue weighted by molar-refractivity contribution is -0.121. The van der Waals surface area contributed by atoms with Crippen molar-refractivity contribution in [2.45, 2.75) is 25.9 Å². The summed E-state index contributed by atoms with van der Waals surface area (Å²) in [6.45, 7) is 4.13. The van der Waals surface area contributed by atoms with Crippen molar-refractivity contribution in [1.82, 2.24) is 20.1 Å². The fraction of sp³-hybridized carbons (Fsp3) is 0.304. The Kier molecular flexibility index (Phi) is 5.10. The lowest BCUT2D eigenvalue weighted by Crippen LogP contribution is -2.33. The summed E-state index contributed by atoms with van der Waals surface area (Å²) in [7, 11) is 4.99. The van der Waals surface area contributed by atoms with Crippen molar-refractivity contribution in [2.24, 2.45) is 0 Å². The highest BCUT2D eigenvalue weighted by atomic mass is 16.5. The summed E-state index contributed by atoms with van der Waals surface area (Å²) >= 11 is 0. The number of nitrogens with one attached hydrogen (secondary N) is 1. The Hall–Kier alpha value is -3.52. The molecule has 0 spiro atoms. The van der Waals surface area contributed by atoms with E-state index in [1.54, 1.807) is 42.9 Å². The van der Waals surface area contributed by atoms with Crippen LogP contribution in [-0.4, -0.2) is 47.8 Å². The molecule has 3 aromatic rings. The molecule has 1 aromatic heterocycles. The summed E-state index contributed by atoms with van der Waals surface area (Å²) in [6, 6.07) is 13.0. The number of fused-ring (bicyclic) bond motifs is 1. The Labute approximate surface area is 180 Å². The molecule has 2 amide bonds. The Balaban J connectivity index is 1.82.